The number of aromatic nitrogens is 2. The van der Waals surface area contributed by atoms with Gasteiger partial charge in [-0.05, 0) is 49.5 Å². The van der Waals surface area contributed by atoms with E-state index in [2.05, 4.69) is 51.5 Å². The van der Waals surface area contributed by atoms with Crippen LogP contribution in [0.2, 0.25) is 0 Å². The van der Waals surface area contributed by atoms with Crippen LogP contribution in [0.15, 0.2) is 72.9 Å². The molecule has 0 spiro atoms. The summed E-state index contributed by atoms with van der Waals surface area (Å²) in [6.45, 7) is 4.20. The highest BCUT2D eigenvalue weighted by Gasteiger charge is 2.25. The van der Waals surface area contributed by atoms with Gasteiger partial charge in [-0.25, -0.2) is 4.98 Å². The summed E-state index contributed by atoms with van der Waals surface area (Å²) in [4.78, 5) is 23.7. The molecule has 33 heavy (non-hydrogen) atoms. The van der Waals surface area contributed by atoms with E-state index < -0.39 is 6.04 Å². The lowest BCUT2D eigenvalue weighted by molar-refractivity contribution is -0.117. The van der Waals surface area contributed by atoms with Crippen LogP contribution in [0.4, 0.5) is 23.1 Å². The van der Waals surface area contributed by atoms with E-state index in [1.54, 1.807) is 6.20 Å². The van der Waals surface area contributed by atoms with Crippen molar-refractivity contribution in [3.63, 3.8) is 0 Å². The minimum absolute atomic E-state index is 0.198. The molecular formula is C25H27BN6O. The largest absolute Gasteiger partial charge is 0.345 e. The van der Waals surface area contributed by atoms with E-state index in [1.807, 2.05) is 54.6 Å². The van der Waals surface area contributed by atoms with Gasteiger partial charge in [-0.1, -0.05) is 48.6 Å². The van der Waals surface area contributed by atoms with Crippen molar-refractivity contribution in [2.45, 2.75) is 38.4 Å². The van der Waals surface area contributed by atoms with E-state index in [4.69, 9.17) is 13.6 Å². The number of anilines is 4. The Morgan fingerprint density at radius 2 is 1.79 bits per heavy atom. The Morgan fingerprint density at radius 3 is 2.52 bits per heavy atom. The summed E-state index contributed by atoms with van der Waals surface area (Å²) in [6.07, 6.45) is 6.34. The predicted molar refractivity (Wildman–Crippen MR) is 134 cm³/mol. The molecule has 3 unspecified atom stereocenters. The molecule has 1 aliphatic heterocycles. The lowest BCUT2D eigenvalue weighted by Gasteiger charge is -2.29. The van der Waals surface area contributed by atoms with E-state index >= 15 is 0 Å². The van der Waals surface area contributed by atoms with Gasteiger partial charge in [-0.2, -0.15) is 4.98 Å². The maximum Gasteiger partial charge on any atom is 0.241 e. The maximum absolute atomic E-state index is 12.6. The molecule has 4 N–H and O–H groups in total. The van der Waals surface area contributed by atoms with Crippen molar-refractivity contribution in [1.29, 1.82) is 0 Å². The van der Waals surface area contributed by atoms with Crippen LogP contribution >= 0.6 is 0 Å². The molecule has 8 heteroatoms. The number of nitrogens with zero attached hydrogens (tertiary/aromatic N) is 3. The highest BCUT2D eigenvalue weighted by molar-refractivity contribution is 6.35. The quantitative estimate of drug-likeness (QED) is 0.388. The molecule has 0 saturated heterocycles. The number of hydrogen-bond acceptors (Lipinski definition) is 6. The molecule has 2 radical (unpaired) electrons. The van der Waals surface area contributed by atoms with Crippen molar-refractivity contribution in [2.75, 3.05) is 15.5 Å². The summed E-state index contributed by atoms with van der Waals surface area (Å²) >= 11 is 0. The minimum atomic E-state index is -0.648. The summed E-state index contributed by atoms with van der Waals surface area (Å²) in [5.74, 6) is 0.870. The molecule has 1 aliphatic rings. The Morgan fingerprint density at radius 1 is 1.09 bits per heavy atom. The fourth-order valence-corrected chi connectivity index (χ4v) is 3.91. The Balaban J connectivity index is 1.44. The van der Waals surface area contributed by atoms with Crippen LogP contribution < -0.4 is 26.7 Å². The van der Waals surface area contributed by atoms with Crippen molar-refractivity contribution >= 4 is 42.4 Å². The van der Waals surface area contributed by atoms with Gasteiger partial charge in [0.1, 0.15) is 13.7 Å². The third-order valence-corrected chi connectivity index (χ3v) is 5.61. The molecule has 7 nitrogen and oxygen atoms in total. The van der Waals surface area contributed by atoms with Gasteiger partial charge in [0.15, 0.2) is 0 Å². The highest BCUT2D eigenvalue weighted by Crippen LogP contribution is 2.24. The first-order valence-electron chi connectivity index (χ1n) is 11.0. The third kappa shape index (κ3) is 5.41. The van der Waals surface area contributed by atoms with Crippen LogP contribution in [-0.4, -0.2) is 41.8 Å². The second-order valence-electron chi connectivity index (χ2n) is 8.24. The van der Waals surface area contributed by atoms with Gasteiger partial charge in [0, 0.05) is 29.7 Å². The standard InChI is InChI=1S/C25H27BN6O/c1-16-11-12-17(2)32(16)23-21(26)15-28-25(31-23)30-20-10-6-9-19(14-20)29-24(33)22(27)13-18-7-4-3-5-8-18/h3-12,14-17,22H,13,27H2,1-2H3,(H,29,33)(H,28,30,31). The summed E-state index contributed by atoms with van der Waals surface area (Å²) < 4.78 is 0. The zero-order chi connectivity index (χ0) is 23.4. The van der Waals surface area contributed by atoms with Crippen LogP contribution in [0, 0.1) is 0 Å². The smallest absolute Gasteiger partial charge is 0.241 e. The van der Waals surface area contributed by atoms with Gasteiger partial charge in [0.05, 0.1) is 6.04 Å². The number of amides is 1. The van der Waals surface area contributed by atoms with Crippen LogP contribution in [-0.2, 0) is 11.2 Å². The molecule has 0 fully saturated rings. The topological polar surface area (TPSA) is 96.2 Å². The molecular weight excluding hydrogens is 411 g/mol. The molecule has 3 aromatic rings. The molecule has 1 amide bonds. The maximum atomic E-state index is 12.6. The lowest BCUT2D eigenvalue weighted by atomic mass is 9.98. The van der Waals surface area contributed by atoms with Gasteiger partial charge in [0.2, 0.25) is 11.9 Å². The number of benzene rings is 2. The fourth-order valence-electron chi connectivity index (χ4n) is 3.91. The summed E-state index contributed by atoms with van der Waals surface area (Å²) in [7, 11) is 6.17. The number of hydrogen-bond donors (Lipinski definition) is 3. The van der Waals surface area contributed by atoms with Gasteiger partial charge in [-0.15, -0.1) is 0 Å². The van der Waals surface area contributed by atoms with Crippen LogP contribution in [0.25, 0.3) is 0 Å². The zero-order valence-corrected chi connectivity index (χ0v) is 18.8. The number of carbonyl (C=O) groups is 1. The van der Waals surface area contributed by atoms with Crippen molar-refractivity contribution in [2.24, 2.45) is 5.73 Å². The van der Waals surface area contributed by atoms with Gasteiger partial charge >= 0.3 is 0 Å². The Hall–Kier alpha value is -3.65. The molecule has 2 heterocycles. The first-order chi connectivity index (χ1) is 15.9. The number of carbonyl (C=O) groups excluding carboxylic acids is 1. The Kier molecular flexibility index (Phi) is 6.75. The normalized spacial score (nSPS) is 18.2. The monoisotopic (exact) mass is 438 g/mol. The van der Waals surface area contributed by atoms with Crippen molar-refractivity contribution in [3.8, 4) is 0 Å². The molecule has 0 saturated carbocycles. The second-order valence-corrected chi connectivity index (χ2v) is 8.24. The van der Waals surface area contributed by atoms with Gasteiger partial charge in [0.25, 0.3) is 0 Å². The number of rotatable bonds is 7. The minimum Gasteiger partial charge on any atom is -0.345 e. The second kappa shape index (κ2) is 9.87. The van der Waals surface area contributed by atoms with Gasteiger partial charge < -0.3 is 21.3 Å². The third-order valence-electron chi connectivity index (χ3n) is 5.61. The van der Waals surface area contributed by atoms with Crippen LogP contribution in [0.5, 0.6) is 0 Å². The first-order valence-corrected chi connectivity index (χ1v) is 11.0. The summed E-state index contributed by atoms with van der Waals surface area (Å²) in [5.41, 5.74) is 9.02. The van der Waals surface area contributed by atoms with E-state index in [-0.39, 0.29) is 18.0 Å². The van der Waals surface area contributed by atoms with Gasteiger partial charge in [-0.3, -0.25) is 4.79 Å². The van der Waals surface area contributed by atoms with Crippen LogP contribution in [0.1, 0.15) is 19.4 Å². The first kappa shape index (κ1) is 22.5. The number of nitrogens with one attached hydrogen (secondary N) is 2. The highest BCUT2D eigenvalue weighted by atomic mass is 16.2. The zero-order valence-electron chi connectivity index (χ0n) is 18.8. The molecule has 0 bridgehead atoms. The molecule has 166 valence electrons. The molecule has 0 aliphatic carbocycles. The molecule has 1 aromatic heterocycles. The van der Waals surface area contributed by atoms with E-state index in [1.165, 1.54) is 0 Å². The van der Waals surface area contributed by atoms with Crippen LogP contribution in [0.3, 0.4) is 0 Å². The van der Waals surface area contributed by atoms with Crippen molar-refractivity contribution in [1.82, 2.24) is 9.97 Å². The summed E-state index contributed by atoms with van der Waals surface area (Å²) in [5, 5.41) is 6.08. The van der Waals surface area contributed by atoms with Crippen molar-refractivity contribution < 1.29 is 4.79 Å². The fraction of sp³-hybridized carbons (Fsp3) is 0.240. The Labute approximate surface area is 195 Å². The SMILES string of the molecule is [B]c1cnc(Nc2cccc(NC(=O)C(N)Cc3ccccc3)c2)nc1N1C(C)C=CC1C. The average Bonchev–Trinajstić information content (AvgIpc) is 3.14. The summed E-state index contributed by atoms with van der Waals surface area (Å²) in [6, 6.07) is 16.8. The average molecular weight is 438 g/mol. The van der Waals surface area contributed by atoms with E-state index in [9.17, 15) is 4.79 Å². The molecule has 3 atom stereocenters. The number of nitrogens with two attached hydrogens (primary N) is 1. The molecule has 2 aromatic carbocycles. The van der Waals surface area contributed by atoms with E-state index in [0.29, 0.717) is 29.3 Å². The molecule has 4 rings (SSSR count). The predicted octanol–water partition coefficient (Wildman–Crippen LogP) is 2.68. The Bertz CT molecular complexity index is 1140. The van der Waals surface area contributed by atoms with E-state index in [0.717, 1.165) is 11.3 Å². The lowest BCUT2D eigenvalue weighted by Crippen LogP contribution is -2.38. The van der Waals surface area contributed by atoms with Crippen molar-refractivity contribution in [3.05, 3.63) is 78.5 Å².